The Morgan fingerprint density at radius 2 is 2.15 bits per heavy atom. The van der Waals surface area contributed by atoms with E-state index in [1.54, 1.807) is 35.9 Å². The summed E-state index contributed by atoms with van der Waals surface area (Å²) in [5, 5.41) is 5.85. The number of rotatable bonds is 4. The van der Waals surface area contributed by atoms with Crippen LogP contribution in [0.5, 0.6) is 0 Å². The SMILES string of the molecule is CC(=O)N[C@H](C)C(=O)NCc1cn2cc(Cl)ccc2n1. The van der Waals surface area contributed by atoms with Crippen LogP contribution in [0.15, 0.2) is 24.5 Å². The molecule has 20 heavy (non-hydrogen) atoms. The molecule has 2 heterocycles. The van der Waals surface area contributed by atoms with E-state index in [1.807, 2.05) is 0 Å². The van der Waals surface area contributed by atoms with Gasteiger partial charge in [-0.15, -0.1) is 0 Å². The molecular formula is C13H15ClN4O2. The highest BCUT2D eigenvalue weighted by molar-refractivity contribution is 6.30. The van der Waals surface area contributed by atoms with Crippen LogP contribution in [0.25, 0.3) is 5.65 Å². The van der Waals surface area contributed by atoms with Crippen molar-refractivity contribution >= 4 is 29.1 Å². The third-order valence-electron chi connectivity index (χ3n) is 2.72. The number of halogens is 1. The molecule has 1 atom stereocenters. The van der Waals surface area contributed by atoms with Gasteiger partial charge in [0.05, 0.1) is 17.3 Å². The van der Waals surface area contributed by atoms with E-state index >= 15 is 0 Å². The van der Waals surface area contributed by atoms with Crippen LogP contribution in [0.3, 0.4) is 0 Å². The number of amides is 2. The van der Waals surface area contributed by atoms with E-state index in [0.717, 1.165) is 11.3 Å². The first-order valence-electron chi connectivity index (χ1n) is 6.13. The second kappa shape index (κ2) is 5.92. The molecule has 0 aliphatic heterocycles. The number of nitrogens with zero attached hydrogens (tertiary/aromatic N) is 2. The molecule has 106 valence electrons. The maximum atomic E-state index is 11.7. The van der Waals surface area contributed by atoms with Gasteiger partial charge in [0.25, 0.3) is 0 Å². The fourth-order valence-corrected chi connectivity index (χ4v) is 1.97. The Morgan fingerprint density at radius 3 is 2.85 bits per heavy atom. The molecular weight excluding hydrogens is 280 g/mol. The second-order valence-electron chi connectivity index (χ2n) is 4.49. The molecule has 0 unspecified atom stereocenters. The summed E-state index contributed by atoms with van der Waals surface area (Å²) < 4.78 is 1.79. The van der Waals surface area contributed by atoms with Crippen LogP contribution in [0.4, 0.5) is 0 Å². The standard InChI is InChI=1S/C13H15ClN4O2/c1-8(16-9(2)19)13(20)15-5-11-7-18-6-10(14)3-4-12(18)17-11/h3-4,6-8H,5H2,1-2H3,(H,15,20)(H,16,19)/t8-/m1/s1. The van der Waals surface area contributed by atoms with E-state index in [9.17, 15) is 9.59 Å². The minimum Gasteiger partial charge on any atom is -0.349 e. The molecule has 0 saturated heterocycles. The van der Waals surface area contributed by atoms with Crippen LogP contribution >= 0.6 is 11.6 Å². The third-order valence-corrected chi connectivity index (χ3v) is 2.95. The maximum absolute atomic E-state index is 11.7. The maximum Gasteiger partial charge on any atom is 0.242 e. The molecule has 2 amide bonds. The van der Waals surface area contributed by atoms with Gasteiger partial charge >= 0.3 is 0 Å². The molecule has 2 N–H and O–H groups in total. The van der Waals surface area contributed by atoms with E-state index in [0.29, 0.717) is 11.6 Å². The number of fused-ring (bicyclic) bond motifs is 1. The van der Waals surface area contributed by atoms with Gasteiger partial charge in [-0.3, -0.25) is 9.59 Å². The van der Waals surface area contributed by atoms with Gasteiger partial charge in [0.15, 0.2) is 0 Å². The van der Waals surface area contributed by atoms with Gasteiger partial charge in [-0.1, -0.05) is 11.6 Å². The van der Waals surface area contributed by atoms with Crippen LogP contribution in [-0.2, 0) is 16.1 Å². The van der Waals surface area contributed by atoms with Crippen molar-refractivity contribution in [1.82, 2.24) is 20.0 Å². The second-order valence-corrected chi connectivity index (χ2v) is 4.92. The predicted molar refractivity (Wildman–Crippen MR) is 75.3 cm³/mol. The molecule has 0 aliphatic rings. The van der Waals surface area contributed by atoms with E-state index in [1.165, 1.54) is 6.92 Å². The highest BCUT2D eigenvalue weighted by Crippen LogP contribution is 2.11. The van der Waals surface area contributed by atoms with Crippen molar-refractivity contribution in [2.24, 2.45) is 0 Å². The molecule has 2 rings (SSSR count). The summed E-state index contributed by atoms with van der Waals surface area (Å²) >= 11 is 5.89. The van der Waals surface area contributed by atoms with Crippen molar-refractivity contribution < 1.29 is 9.59 Å². The lowest BCUT2D eigenvalue weighted by Gasteiger charge is -2.11. The summed E-state index contributed by atoms with van der Waals surface area (Å²) in [6.07, 6.45) is 3.54. The number of hydrogen-bond acceptors (Lipinski definition) is 3. The van der Waals surface area contributed by atoms with Crippen molar-refractivity contribution in [3.63, 3.8) is 0 Å². The molecule has 0 radical (unpaired) electrons. The van der Waals surface area contributed by atoms with Gasteiger partial charge in [-0.2, -0.15) is 0 Å². The van der Waals surface area contributed by atoms with Crippen molar-refractivity contribution in [3.8, 4) is 0 Å². The van der Waals surface area contributed by atoms with Crippen LogP contribution in [0, 0.1) is 0 Å². The van der Waals surface area contributed by atoms with Gasteiger partial charge in [0.1, 0.15) is 11.7 Å². The van der Waals surface area contributed by atoms with Gasteiger partial charge in [0.2, 0.25) is 11.8 Å². The summed E-state index contributed by atoms with van der Waals surface area (Å²) in [6, 6.07) is 2.98. The molecule has 0 spiro atoms. The lowest BCUT2D eigenvalue weighted by atomic mass is 10.3. The molecule has 2 aromatic rings. The zero-order valence-electron chi connectivity index (χ0n) is 11.2. The summed E-state index contributed by atoms with van der Waals surface area (Å²) in [5.74, 6) is -0.495. The molecule has 7 heteroatoms. The Bertz CT molecular complexity index is 653. The topological polar surface area (TPSA) is 75.5 Å². The first-order chi connectivity index (χ1) is 9.45. The monoisotopic (exact) mass is 294 g/mol. The lowest BCUT2D eigenvalue weighted by Crippen LogP contribution is -2.43. The Labute approximate surface area is 121 Å². The van der Waals surface area contributed by atoms with Gasteiger partial charge in [-0.05, 0) is 19.1 Å². The fraction of sp³-hybridized carbons (Fsp3) is 0.308. The normalized spacial score (nSPS) is 12.2. The Morgan fingerprint density at radius 1 is 1.40 bits per heavy atom. The van der Waals surface area contributed by atoms with Crippen molar-refractivity contribution in [2.75, 3.05) is 0 Å². The quantitative estimate of drug-likeness (QED) is 0.887. The summed E-state index contributed by atoms with van der Waals surface area (Å²) in [5.41, 5.74) is 1.48. The minimum atomic E-state index is -0.570. The number of nitrogens with one attached hydrogen (secondary N) is 2. The summed E-state index contributed by atoms with van der Waals surface area (Å²) in [6.45, 7) is 3.29. The number of aromatic nitrogens is 2. The number of carbonyl (C=O) groups is 2. The smallest absolute Gasteiger partial charge is 0.242 e. The van der Waals surface area contributed by atoms with Crippen LogP contribution in [0.2, 0.25) is 5.02 Å². The third kappa shape index (κ3) is 3.48. The first kappa shape index (κ1) is 14.3. The number of imidazole rings is 1. The molecule has 0 fully saturated rings. The molecule has 0 bridgehead atoms. The first-order valence-corrected chi connectivity index (χ1v) is 6.51. The van der Waals surface area contributed by atoms with Gasteiger partial charge in [0, 0.05) is 19.3 Å². The molecule has 2 aromatic heterocycles. The highest BCUT2D eigenvalue weighted by atomic mass is 35.5. The number of hydrogen-bond donors (Lipinski definition) is 2. The van der Waals surface area contributed by atoms with Gasteiger partial charge in [-0.25, -0.2) is 4.98 Å². The molecule has 6 nitrogen and oxygen atoms in total. The van der Waals surface area contributed by atoms with Crippen LogP contribution in [-0.4, -0.2) is 27.2 Å². The predicted octanol–water partition coefficient (Wildman–Crippen LogP) is 1.13. The molecule has 0 saturated carbocycles. The van der Waals surface area contributed by atoms with E-state index in [2.05, 4.69) is 15.6 Å². The Balaban J connectivity index is 1.98. The molecule has 0 aromatic carbocycles. The average Bonchev–Trinajstić information content (AvgIpc) is 2.76. The van der Waals surface area contributed by atoms with Crippen molar-refractivity contribution in [2.45, 2.75) is 26.4 Å². The largest absolute Gasteiger partial charge is 0.349 e. The Hall–Kier alpha value is -2.08. The van der Waals surface area contributed by atoms with Crippen molar-refractivity contribution in [3.05, 3.63) is 35.2 Å². The van der Waals surface area contributed by atoms with Crippen LogP contribution < -0.4 is 10.6 Å². The van der Waals surface area contributed by atoms with E-state index in [4.69, 9.17) is 11.6 Å². The highest BCUT2D eigenvalue weighted by Gasteiger charge is 2.13. The summed E-state index contributed by atoms with van der Waals surface area (Å²) in [7, 11) is 0. The van der Waals surface area contributed by atoms with Crippen molar-refractivity contribution in [1.29, 1.82) is 0 Å². The number of carbonyl (C=O) groups excluding carboxylic acids is 2. The minimum absolute atomic E-state index is 0.241. The Kier molecular flexibility index (Phi) is 4.24. The summed E-state index contributed by atoms with van der Waals surface area (Å²) in [4.78, 5) is 27.0. The zero-order valence-corrected chi connectivity index (χ0v) is 11.9. The van der Waals surface area contributed by atoms with Crippen LogP contribution in [0.1, 0.15) is 19.5 Å². The lowest BCUT2D eigenvalue weighted by molar-refractivity contribution is -0.127. The number of pyridine rings is 1. The average molecular weight is 295 g/mol. The zero-order chi connectivity index (χ0) is 14.7. The van der Waals surface area contributed by atoms with E-state index in [-0.39, 0.29) is 11.8 Å². The fourth-order valence-electron chi connectivity index (χ4n) is 1.80. The molecule has 0 aliphatic carbocycles. The van der Waals surface area contributed by atoms with Gasteiger partial charge < -0.3 is 15.0 Å². The van der Waals surface area contributed by atoms with E-state index < -0.39 is 6.04 Å².